The summed E-state index contributed by atoms with van der Waals surface area (Å²) < 4.78 is 24.0. The molecule has 3 aromatic rings. The van der Waals surface area contributed by atoms with Crippen LogP contribution in [0.15, 0.2) is 50.0 Å². The van der Waals surface area contributed by atoms with E-state index < -0.39 is 0 Å². The van der Waals surface area contributed by atoms with Gasteiger partial charge >= 0.3 is 0 Å². The fraction of sp³-hybridized carbons (Fsp3) is 0. The highest BCUT2D eigenvalue weighted by atomic mass is 79.9. The van der Waals surface area contributed by atoms with E-state index in [1.54, 1.807) is 24.3 Å². The van der Waals surface area contributed by atoms with E-state index in [0.717, 1.165) is 0 Å². The molecular weight excluding hydrogens is 315 g/mol. The number of furan rings is 1. The summed E-state index contributed by atoms with van der Waals surface area (Å²) in [7, 11) is 0. The van der Waals surface area contributed by atoms with Gasteiger partial charge in [-0.1, -0.05) is 17.3 Å². The van der Waals surface area contributed by atoms with Crippen LogP contribution >= 0.6 is 15.9 Å². The lowest BCUT2D eigenvalue weighted by Gasteiger charge is -2.00. The Morgan fingerprint density at radius 3 is 2.47 bits per heavy atom. The fourth-order valence-corrected chi connectivity index (χ4v) is 2.11. The van der Waals surface area contributed by atoms with Gasteiger partial charge in [0.05, 0.1) is 5.56 Å². The van der Waals surface area contributed by atoms with Gasteiger partial charge in [-0.3, -0.25) is 0 Å². The fourth-order valence-electron chi connectivity index (χ4n) is 1.81. The van der Waals surface area contributed by atoms with Crippen LogP contribution in [0.5, 0.6) is 0 Å². The Labute approximate surface area is 116 Å². The van der Waals surface area contributed by atoms with Crippen LogP contribution in [0.3, 0.4) is 0 Å². The predicted molar refractivity (Wildman–Crippen MR) is 71.7 cm³/mol. The van der Waals surface area contributed by atoms with E-state index in [2.05, 4.69) is 21.1 Å². The molecule has 0 fully saturated rings. The normalized spacial score (nSPS) is 10.8. The number of nitrogens with two attached hydrogens (primary N) is 1. The molecule has 0 unspecified atom stereocenters. The third-order valence-corrected chi connectivity index (χ3v) is 3.08. The first-order valence-corrected chi connectivity index (χ1v) is 6.21. The van der Waals surface area contributed by atoms with Crippen LogP contribution in [0.25, 0.3) is 22.6 Å². The minimum absolute atomic E-state index is 0.161. The Bertz CT molecular complexity index is 719. The summed E-state index contributed by atoms with van der Waals surface area (Å²) in [6.45, 7) is 0. The standard InChI is InChI=1S/C13H8BrFN2O2/c14-10-6-5-9(18-10)12-11(13(16)19-17-12)7-1-3-8(15)4-2-7/h1-6H,16H2. The van der Waals surface area contributed by atoms with Crippen LogP contribution in [0.1, 0.15) is 0 Å². The molecule has 6 heteroatoms. The topological polar surface area (TPSA) is 65.2 Å². The largest absolute Gasteiger partial charge is 0.448 e. The zero-order valence-corrected chi connectivity index (χ0v) is 11.1. The highest BCUT2D eigenvalue weighted by Crippen LogP contribution is 2.37. The van der Waals surface area contributed by atoms with E-state index >= 15 is 0 Å². The number of nitrogens with zero attached hydrogens (tertiary/aromatic N) is 1. The van der Waals surface area contributed by atoms with Gasteiger partial charge < -0.3 is 14.7 Å². The average molecular weight is 323 g/mol. The Morgan fingerprint density at radius 2 is 1.84 bits per heavy atom. The third-order valence-electron chi connectivity index (χ3n) is 2.66. The first kappa shape index (κ1) is 12.0. The van der Waals surface area contributed by atoms with E-state index in [1.807, 2.05) is 0 Å². The Balaban J connectivity index is 2.16. The SMILES string of the molecule is Nc1onc(-c2ccc(Br)o2)c1-c1ccc(F)cc1. The van der Waals surface area contributed by atoms with Gasteiger partial charge in [0.15, 0.2) is 16.1 Å². The first-order valence-electron chi connectivity index (χ1n) is 5.42. The Hall–Kier alpha value is -2.08. The van der Waals surface area contributed by atoms with Crippen molar-refractivity contribution < 1.29 is 13.3 Å². The number of halogens is 2. The molecule has 0 aliphatic carbocycles. The smallest absolute Gasteiger partial charge is 0.230 e. The second-order valence-electron chi connectivity index (χ2n) is 3.88. The van der Waals surface area contributed by atoms with Crippen molar-refractivity contribution in [3.63, 3.8) is 0 Å². The highest BCUT2D eigenvalue weighted by molar-refractivity contribution is 9.10. The van der Waals surface area contributed by atoms with Crippen molar-refractivity contribution in [2.75, 3.05) is 5.73 Å². The molecule has 96 valence electrons. The number of nitrogen functional groups attached to an aromatic ring is 1. The lowest BCUT2D eigenvalue weighted by molar-refractivity contribution is 0.435. The third kappa shape index (κ3) is 2.15. The maximum Gasteiger partial charge on any atom is 0.230 e. The van der Waals surface area contributed by atoms with Crippen molar-refractivity contribution in [3.05, 3.63) is 46.9 Å². The molecule has 4 nitrogen and oxygen atoms in total. The van der Waals surface area contributed by atoms with Crippen molar-refractivity contribution in [2.24, 2.45) is 0 Å². The molecule has 0 radical (unpaired) electrons. The number of rotatable bonds is 2. The Kier molecular flexibility index (Phi) is 2.87. The average Bonchev–Trinajstić information content (AvgIpc) is 2.97. The molecule has 19 heavy (non-hydrogen) atoms. The van der Waals surface area contributed by atoms with Gasteiger partial charge in [-0.05, 0) is 45.8 Å². The van der Waals surface area contributed by atoms with Gasteiger partial charge in [-0.2, -0.15) is 0 Å². The Morgan fingerprint density at radius 1 is 1.11 bits per heavy atom. The molecule has 0 saturated carbocycles. The van der Waals surface area contributed by atoms with Crippen molar-refractivity contribution >= 4 is 21.8 Å². The van der Waals surface area contributed by atoms with Crippen LogP contribution in [0, 0.1) is 5.82 Å². The lowest BCUT2D eigenvalue weighted by atomic mass is 10.0. The molecule has 0 atom stereocenters. The quantitative estimate of drug-likeness (QED) is 0.771. The molecule has 0 amide bonds. The van der Waals surface area contributed by atoms with Gasteiger partial charge in [0, 0.05) is 0 Å². The number of hydrogen-bond donors (Lipinski definition) is 1. The molecule has 2 heterocycles. The van der Waals surface area contributed by atoms with Crippen LogP contribution in [0.4, 0.5) is 10.3 Å². The van der Waals surface area contributed by atoms with E-state index in [1.165, 1.54) is 12.1 Å². The summed E-state index contributed by atoms with van der Waals surface area (Å²) >= 11 is 3.22. The summed E-state index contributed by atoms with van der Waals surface area (Å²) in [5.41, 5.74) is 7.56. The molecule has 2 N–H and O–H groups in total. The van der Waals surface area contributed by atoms with Crippen molar-refractivity contribution in [1.82, 2.24) is 5.16 Å². The number of anilines is 1. The van der Waals surface area contributed by atoms with Crippen LogP contribution < -0.4 is 5.73 Å². The summed E-state index contributed by atoms with van der Waals surface area (Å²) in [5.74, 6) is 0.363. The van der Waals surface area contributed by atoms with Crippen LogP contribution in [-0.2, 0) is 0 Å². The lowest BCUT2D eigenvalue weighted by Crippen LogP contribution is -1.87. The monoisotopic (exact) mass is 322 g/mol. The van der Waals surface area contributed by atoms with Crippen molar-refractivity contribution in [1.29, 1.82) is 0 Å². The molecule has 0 aliphatic heterocycles. The zero-order valence-electron chi connectivity index (χ0n) is 9.56. The molecule has 1 aromatic carbocycles. The van der Waals surface area contributed by atoms with E-state index in [-0.39, 0.29) is 11.7 Å². The predicted octanol–water partition coefficient (Wildman–Crippen LogP) is 4.09. The van der Waals surface area contributed by atoms with Gasteiger partial charge in [0.1, 0.15) is 5.82 Å². The molecule has 2 aromatic heterocycles. The number of benzene rings is 1. The summed E-state index contributed by atoms with van der Waals surface area (Å²) in [5, 5.41) is 3.89. The van der Waals surface area contributed by atoms with Crippen molar-refractivity contribution in [2.45, 2.75) is 0 Å². The highest BCUT2D eigenvalue weighted by Gasteiger charge is 2.19. The maximum atomic E-state index is 13.0. The molecule has 0 aliphatic rings. The van der Waals surface area contributed by atoms with E-state index in [9.17, 15) is 4.39 Å². The van der Waals surface area contributed by atoms with Crippen LogP contribution in [-0.4, -0.2) is 5.16 Å². The van der Waals surface area contributed by atoms with Gasteiger partial charge in [-0.25, -0.2) is 4.39 Å². The molecule has 3 rings (SSSR count). The number of hydrogen-bond acceptors (Lipinski definition) is 4. The maximum absolute atomic E-state index is 13.0. The zero-order chi connectivity index (χ0) is 13.4. The molecule has 0 saturated heterocycles. The van der Waals surface area contributed by atoms with E-state index in [0.29, 0.717) is 27.3 Å². The molecular formula is C13H8BrFN2O2. The van der Waals surface area contributed by atoms with E-state index in [4.69, 9.17) is 14.7 Å². The van der Waals surface area contributed by atoms with Gasteiger partial charge in [0.25, 0.3) is 0 Å². The molecule has 0 bridgehead atoms. The molecule has 0 spiro atoms. The van der Waals surface area contributed by atoms with Crippen LogP contribution in [0.2, 0.25) is 0 Å². The van der Waals surface area contributed by atoms with Gasteiger partial charge in [0.2, 0.25) is 5.88 Å². The summed E-state index contributed by atoms with van der Waals surface area (Å²) in [6.07, 6.45) is 0. The summed E-state index contributed by atoms with van der Waals surface area (Å²) in [6, 6.07) is 9.41. The second-order valence-corrected chi connectivity index (χ2v) is 4.66. The summed E-state index contributed by atoms with van der Waals surface area (Å²) in [4.78, 5) is 0. The minimum Gasteiger partial charge on any atom is -0.448 e. The minimum atomic E-state index is -0.318. The first-order chi connectivity index (χ1) is 9.15. The van der Waals surface area contributed by atoms with Crippen molar-refractivity contribution in [3.8, 4) is 22.6 Å². The number of aromatic nitrogens is 1. The van der Waals surface area contributed by atoms with Gasteiger partial charge in [-0.15, -0.1) is 0 Å². The second kappa shape index (κ2) is 4.55.